The Morgan fingerprint density at radius 3 is 2.29 bits per heavy atom. The number of halogens is 1. The third kappa shape index (κ3) is 6.40. The Kier molecular flexibility index (Phi) is 9.81. The molecule has 0 radical (unpaired) electrons. The molecule has 0 aliphatic carbocycles. The van der Waals surface area contributed by atoms with E-state index in [0.717, 1.165) is 24.3 Å². The molecular formula is C15H32FN. The van der Waals surface area contributed by atoms with Gasteiger partial charge in [-0.1, -0.05) is 34.6 Å². The Labute approximate surface area is 108 Å². The van der Waals surface area contributed by atoms with Crippen LogP contribution in [0.1, 0.15) is 53.9 Å². The molecule has 1 nitrogen and oxygen atoms in total. The first-order valence-electron chi connectivity index (χ1n) is 7.43. The minimum Gasteiger partial charge on any atom is -0.303 e. The van der Waals surface area contributed by atoms with Gasteiger partial charge < -0.3 is 4.90 Å². The van der Waals surface area contributed by atoms with Crippen LogP contribution in [0.4, 0.5) is 4.39 Å². The van der Waals surface area contributed by atoms with Crippen molar-refractivity contribution in [2.24, 2.45) is 17.8 Å². The molecule has 0 bridgehead atoms. The van der Waals surface area contributed by atoms with Crippen molar-refractivity contribution >= 4 is 0 Å². The van der Waals surface area contributed by atoms with Crippen LogP contribution in [0.25, 0.3) is 0 Å². The van der Waals surface area contributed by atoms with Crippen LogP contribution in [0.5, 0.6) is 0 Å². The van der Waals surface area contributed by atoms with Crippen molar-refractivity contribution in [2.45, 2.75) is 53.9 Å². The quantitative estimate of drug-likeness (QED) is 0.710. The van der Waals surface area contributed by atoms with Gasteiger partial charge in [0.1, 0.15) is 0 Å². The number of hydrogen-bond acceptors (Lipinski definition) is 1. The molecule has 1 aliphatic rings. The predicted octanol–water partition coefficient (Wildman–Crippen LogP) is 4.38. The number of nitrogens with zero attached hydrogens (tertiary/aromatic N) is 1. The van der Waals surface area contributed by atoms with Crippen LogP contribution in [-0.2, 0) is 0 Å². The number of rotatable bonds is 4. The van der Waals surface area contributed by atoms with Crippen molar-refractivity contribution in [2.75, 3.05) is 26.3 Å². The summed E-state index contributed by atoms with van der Waals surface area (Å²) in [6.45, 7) is 14.2. The van der Waals surface area contributed by atoms with E-state index in [4.69, 9.17) is 0 Å². The summed E-state index contributed by atoms with van der Waals surface area (Å²) in [5, 5.41) is 0. The van der Waals surface area contributed by atoms with Crippen LogP contribution in [0.15, 0.2) is 0 Å². The van der Waals surface area contributed by atoms with E-state index in [1.54, 1.807) is 0 Å². The summed E-state index contributed by atoms with van der Waals surface area (Å²) in [4.78, 5) is 2.44. The van der Waals surface area contributed by atoms with Crippen LogP contribution in [0, 0.1) is 17.8 Å². The van der Waals surface area contributed by atoms with Gasteiger partial charge in [-0.25, -0.2) is 0 Å². The zero-order chi connectivity index (χ0) is 13.3. The monoisotopic (exact) mass is 245 g/mol. The number of hydrogen-bond donors (Lipinski definition) is 0. The van der Waals surface area contributed by atoms with Gasteiger partial charge in [0.05, 0.1) is 6.67 Å². The Hall–Kier alpha value is -0.110. The topological polar surface area (TPSA) is 3.24 Å². The molecule has 0 aromatic heterocycles. The van der Waals surface area contributed by atoms with Crippen LogP contribution in [-0.4, -0.2) is 31.2 Å². The summed E-state index contributed by atoms with van der Waals surface area (Å²) in [5.74, 6) is 2.49. The van der Waals surface area contributed by atoms with Gasteiger partial charge in [0.25, 0.3) is 0 Å². The van der Waals surface area contributed by atoms with Crippen LogP contribution >= 0.6 is 0 Å². The normalized spacial score (nSPS) is 26.3. The van der Waals surface area contributed by atoms with Gasteiger partial charge in [0.15, 0.2) is 0 Å². The molecule has 1 heterocycles. The highest BCUT2D eigenvalue weighted by Crippen LogP contribution is 2.29. The molecule has 0 aromatic rings. The van der Waals surface area contributed by atoms with E-state index in [-0.39, 0.29) is 6.67 Å². The summed E-state index contributed by atoms with van der Waals surface area (Å²) in [6, 6.07) is 0. The van der Waals surface area contributed by atoms with E-state index in [1.807, 2.05) is 13.8 Å². The van der Waals surface area contributed by atoms with Gasteiger partial charge in [0, 0.05) is 6.54 Å². The maximum absolute atomic E-state index is 12.1. The molecule has 0 spiro atoms. The first-order chi connectivity index (χ1) is 8.15. The highest BCUT2D eigenvalue weighted by Gasteiger charge is 2.25. The van der Waals surface area contributed by atoms with Crippen molar-refractivity contribution in [3.05, 3.63) is 0 Å². The Morgan fingerprint density at radius 2 is 1.76 bits per heavy atom. The average molecular weight is 245 g/mol. The molecule has 1 saturated heterocycles. The van der Waals surface area contributed by atoms with E-state index in [1.165, 1.54) is 25.9 Å². The lowest BCUT2D eigenvalue weighted by Crippen LogP contribution is -2.26. The summed E-state index contributed by atoms with van der Waals surface area (Å²) in [5.41, 5.74) is 0. The molecule has 1 fully saturated rings. The summed E-state index contributed by atoms with van der Waals surface area (Å²) in [6.07, 6.45) is 3.29. The second kappa shape index (κ2) is 9.87. The van der Waals surface area contributed by atoms with E-state index in [0.29, 0.717) is 6.42 Å². The Morgan fingerprint density at radius 1 is 1.18 bits per heavy atom. The maximum Gasteiger partial charge on any atom is 0.0906 e. The van der Waals surface area contributed by atoms with Crippen molar-refractivity contribution in [3.63, 3.8) is 0 Å². The minimum atomic E-state index is -0.167. The van der Waals surface area contributed by atoms with Gasteiger partial charge in [-0.05, 0) is 50.1 Å². The summed E-state index contributed by atoms with van der Waals surface area (Å²) < 4.78 is 12.1. The first-order valence-corrected chi connectivity index (χ1v) is 7.43. The maximum atomic E-state index is 12.1. The highest BCUT2D eigenvalue weighted by molar-refractivity contribution is 4.76. The molecule has 2 atom stereocenters. The van der Waals surface area contributed by atoms with E-state index in [9.17, 15) is 4.39 Å². The molecule has 2 unspecified atom stereocenters. The fourth-order valence-corrected chi connectivity index (χ4v) is 2.83. The standard InChI is InChI=1S/C13H26FN.C2H6/c1-11(2)13-6-10-15(8-4-7-14)9-5-12(13)3;1-2/h11-13H,4-10H2,1-3H3;1-2H3. The van der Waals surface area contributed by atoms with Gasteiger partial charge in [-0.15, -0.1) is 0 Å². The molecule has 0 amide bonds. The van der Waals surface area contributed by atoms with Crippen molar-refractivity contribution in [1.29, 1.82) is 0 Å². The Bertz CT molecular complexity index is 170. The third-order valence-electron chi connectivity index (χ3n) is 3.87. The molecule has 2 heteroatoms. The van der Waals surface area contributed by atoms with Crippen LogP contribution in [0.2, 0.25) is 0 Å². The van der Waals surface area contributed by atoms with E-state index < -0.39 is 0 Å². The van der Waals surface area contributed by atoms with Crippen molar-refractivity contribution in [3.8, 4) is 0 Å². The zero-order valence-electron chi connectivity index (χ0n) is 12.5. The molecule has 0 saturated carbocycles. The largest absolute Gasteiger partial charge is 0.303 e. The van der Waals surface area contributed by atoms with Gasteiger partial charge in [0.2, 0.25) is 0 Å². The zero-order valence-corrected chi connectivity index (χ0v) is 12.5. The van der Waals surface area contributed by atoms with Gasteiger partial charge >= 0.3 is 0 Å². The minimum absolute atomic E-state index is 0.167. The average Bonchev–Trinajstić information content (AvgIpc) is 2.51. The van der Waals surface area contributed by atoms with Crippen LogP contribution < -0.4 is 0 Å². The second-order valence-corrected chi connectivity index (χ2v) is 5.35. The molecule has 0 aromatic carbocycles. The second-order valence-electron chi connectivity index (χ2n) is 5.35. The lowest BCUT2D eigenvalue weighted by Gasteiger charge is -2.24. The van der Waals surface area contributed by atoms with E-state index >= 15 is 0 Å². The fraction of sp³-hybridized carbons (Fsp3) is 1.00. The lowest BCUT2D eigenvalue weighted by molar-refractivity contribution is 0.251. The smallest absolute Gasteiger partial charge is 0.0906 e. The molecule has 0 N–H and O–H groups in total. The molecular weight excluding hydrogens is 213 g/mol. The fourth-order valence-electron chi connectivity index (χ4n) is 2.83. The SMILES string of the molecule is CC.CC(C)C1CCN(CCCF)CCC1C. The first kappa shape index (κ1) is 16.9. The van der Waals surface area contributed by atoms with Crippen LogP contribution in [0.3, 0.4) is 0 Å². The molecule has 1 rings (SSSR count). The summed E-state index contributed by atoms with van der Waals surface area (Å²) >= 11 is 0. The van der Waals surface area contributed by atoms with Gasteiger partial charge in [-0.3, -0.25) is 4.39 Å². The molecule has 104 valence electrons. The van der Waals surface area contributed by atoms with Crippen molar-refractivity contribution in [1.82, 2.24) is 4.90 Å². The number of likely N-dealkylation sites (tertiary alicyclic amines) is 1. The van der Waals surface area contributed by atoms with Gasteiger partial charge in [-0.2, -0.15) is 0 Å². The predicted molar refractivity (Wildman–Crippen MR) is 75.1 cm³/mol. The highest BCUT2D eigenvalue weighted by atomic mass is 19.1. The van der Waals surface area contributed by atoms with Crippen molar-refractivity contribution < 1.29 is 4.39 Å². The molecule has 1 aliphatic heterocycles. The number of alkyl halides is 1. The summed E-state index contributed by atoms with van der Waals surface area (Å²) in [7, 11) is 0. The third-order valence-corrected chi connectivity index (χ3v) is 3.87. The van der Waals surface area contributed by atoms with E-state index in [2.05, 4.69) is 25.7 Å². The lowest BCUT2D eigenvalue weighted by atomic mass is 9.81. The Balaban J connectivity index is 0.00000121. The molecule has 17 heavy (non-hydrogen) atoms.